The molecule has 136 valence electrons. The molecule has 1 atom stereocenters. The van der Waals surface area contributed by atoms with Gasteiger partial charge in [0, 0.05) is 17.3 Å². The van der Waals surface area contributed by atoms with Gasteiger partial charge in [-0.1, -0.05) is 25.1 Å². The van der Waals surface area contributed by atoms with Crippen molar-refractivity contribution < 1.29 is 9.18 Å². The van der Waals surface area contributed by atoms with Crippen LogP contribution in [0.4, 0.5) is 10.2 Å². The number of hydrogen-bond donors (Lipinski definition) is 3. The van der Waals surface area contributed by atoms with E-state index in [1.54, 1.807) is 6.07 Å². The molecule has 1 aliphatic carbocycles. The zero-order chi connectivity index (χ0) is 18.5. The molecule has 1 aliphatic rings. The molecular formula is C19H22FN5O. The maximum Gasteiger partial charge on any atom is 0.246 e. The number of hydrogen-bond acceptors (Lipinski definition) is 5. The Hall–Kier alpha value is -2.80. The highest BCUT2D eigenvalue weighted by molar-refractivity contribution is 6.12. The van der Waals surface area contributed by atoms with E-state index in [2.05, 4.69) is 20.6 Å². The lowest BCUT2D eigenvalue weighted by Crippen LogP contribution is -2.40. The molecular weight excluding hydrogens is 333 g/mol. The average Bonchev–Trinajstić information content (AvgIpc) is 2.64. The number of amides is 1. The van der Waals surface area contributed by atoms with Gasteiger partial charge >= 0.3 is 0 Å². The van der Waals surface area contributed by atoms with Crippen molar-refractivity contribution in [3.05, 3.63) is 52.5 Å². The molecule has 2 aromatic rings. The van der Waals surface area contributed by atoms with Gasteiger partial charge in [-0.25, -0.2) is 14.4 Å². The second-order valence-corrected chi connectivity index (χ2v) is 6.13. The van der Waals surface area contributed by atoms with Crippen molar-refractivity contribution in [3.63, 3.8) is 0 Å². The molecule has 6 nitrogen and oxygen atoms in total. The molecule has 0 radical (unpaired) electrons. The number of nitrogens with zero attached hydrogens (tertiary/aromatic N) is 2. The quantitative estimate of drug-likeness (QED) is 0.676. The fourth-order valence-corrected chi connectivity index (χ4v) is 3.09. The smallest absolute Gasteiger partial charge is 0.246 e. The number of nitrogens with one attached hydrogen (secondary N) is 2. The van der Waals surface area contributed by atoms with Crippen LogP contribution in [0, 0.1) is 5.82 Å². The van der Waals surface area contributed by atoms with E-state index in [1.165, 1.54) is 18.5 Å². The van der Waals surface area contributed by atoms with E-state index < -0.39 is 5.91 Å². The third kappa shape index (κ3) is 3.88. The molecule has 1 amide bonds. The molecule has 0 bridgehead atoms. The number of benzene rings is 1. The van der Waals surface area contributed by atoms with Crippen LogP contribution >= 0.6 is 0 Å². The van der Waals surface area contributed by atoms with Gasteiger partial charge in [-0.3, -0.25) is 4.79 Å². The van der Waals surface area contributed by atoms with Crippen LogP contribution in [0.1, 0.15) is 31.4 Å². The molecule has 0 saturated carbocycles. The van der Waals surface area contributed by atoms with Crippen molar-refractivity contribution in [1.29, 1.82) is 0 Å². The van der Waals surface area contributed by atoms with Gasteiger partial charge in [-0.05, 0) is 37.1 Å². The first-order valence-corrected chi connectivity index (χ1v) is 8.67. The first kappa shape index (κ1) is 18.0. The van der Waals surface area contributed by atoms with Crippen molar-refractivity contribution in [2.24, 2.45) is 5.73 Å². The zero-order valence-electron chi connectivity index (χ0n) is 14.6. The normalized spacial score (nSPS) is 14.3. The number of carbonyl (C=O) groups is 1. The summed E-state index contributed by atoms with van der Waals surface area (Å²) in [5.41, 5.74) is 6.81. The standard InChI is InChI=1S/C19H22FN5O/c1-2-22-10-16(12-5-3-6-13(20)9-12)25-19-15-8-4-7-14(18(21)26)17(15)23-11-24-19/h3,5-6,8-9,11,16,22H,2,4,7,10H2,1H3,(H2,21,26)(H,23,24,25)/t16-/m1/s1. The molecule has 1 heterocycles. The molecule has 0 saturated heterocycles. The van der Waals surface area contributed by atoms with Gasteiger partial charge in [-0.2, -0.15) is 0 Å². The van der Waals surface area contributed by atoms with Crippen molar-refractivity contribution in [2.45, 2.75) is 25.8 Å². The maximum atomic E-state index is 13.7. The van der Waals surface area contributed by atoms with Crippen molar-refractivity contribution in [2.75, 3.05) is 18.4 Å². The number of likely N-dealkylation sites (N-methyl/N-ethyl adjacent to an activating group) is 1. The molecule has 0 aliphatic heterocycles. The van der Waals surface area contributed by atoms with Gasteiger partial charge in [0.15, 0.2) is 0 Å². The van der Waals surface area contributed by atoms with Crippen LogP contribution in [0.15, 0.2) is 30.6 Å². The highest BCUT2D eigenvalue weighted by atomic mass is 19.1. The van der Waals surface area contributed by atoms with E-state index >= 15 is 0 Å². The Balaban J connectivity index is 2.02. The third-order valence-electron chi connectivity index (χ3n) is 4.37. The summed E-state index contributed by atoms with van der Waals surface area (Å²) in [5.74, 6) is -0.134. The Morgan fingerprint density at radius 3 is 2.96 bits per heavy atom. The monoisotopic (exact) mass is 355 g/mol. The van der Waals surface area contributed by atoms with Crippen LogP contribution in [0.5, 0.6) is 0 Å². The summed E-state index contributed by atoms with van der Waals surface area (Å²) < 4.78 is 13.7. The van der Waals surface area contributed by atoms with Crippen molar-refractivity contribution >= 4 is 23.4 Å². The Labute approximate surface area is 151 Å². The number of rotatable bonds is 7. The van der Waals surface area contributed by atoms with E-state index in [4.69, 9.17) is 5.73 Å². The van der Waals surface area contributed by atoms with Crippen LogP contribution in [0.25, 0.3) is 11.6 Å². The van der Waals surface area contributed by atoms with Gasteiger partial charge in [0.1, 0.15) is 18.0 Å². The van der Waals surface area contributed by atoms with Crippen LogP contribution in [-0.2, 0) is 4.79 Å². The van der Waals surface area contributed by atoms with Crippen LogP contribution in [0.3, 0.4) is 0 Å². The van der Waals surface area contributed by atoms with Gasteiger partial charge in [0.05, 0.1) is 11.4 Å². The van der Waals surface area contributed by atoms with E-state index in [1.807, 2.05) is 19.1 Å². The maximum absolute atomic E-state index is 13.7. The highest BCUT2D eigenvalue weighted by Gasteiger charge is 2.17. The summed E-state index contributed by atoms with van der Waals surface area (Å²) in [4.78, 5) is 20.3. The Morgan fingerprint density at radius 1 is 1.38 bits per heavy atom. The predicted molar refractivity (Wildman–Crippen MR) is 98.9 cm³/mol. The first-order valence-electron chi connectivity index (χ1n) is 8.67. The van der Waals surface area contributed by atoms with E-state index in [0.717, 1.165) is 17.3 Å². The summed E-state index contributed by atoms with van der Waals surface area (Å²) in [6.07, 6.45) is 4.69. The first-order chi connectivity index (χ1) is 12.6. The van der Waals surface area contributed by atoms with E-state index in [9.17, 15) is 9.18 Å². The number of halogens is 1. The minimum absolute atomic E-state index is 0.183. The Kier molecular flexibility index (Phi) is 5.58. The lowest BCUT2D eigenvalue weighted by Gasteiger charge is -2.21. The molecule has 1 aromatic carbocycles. The lowest BCUT2D eigenvalue weighted by molar-refractivity contribution is -0.113. The number of carbonyl (C=O) groups excluding carboxylic acids is 1. The van der Waals surface area contributed by atoms with Gasteiger partial charge in [0.25, 0.3) is 0 Å². The lowest BCUT2D eigenvalue weighted by atomic mass is 10.0. The van der Waals surface area contributed by atoms with Crippen molar-refractivity contribution in [1.82, 2.24) is 15.3 Å². The molecule has 0 fully saturated rings. The molecule has 4 N–H and O–H groups in total. The van der Waals surface area contributed by atoms with Gasteiger partial charge in [-0.15, -0.1) is 0 Å². The van der Waals surface area contributed by atoms with Crippen LogP contribution in [-0.4, -0.2) is 29.0 Å². The summed E-state index contributed by atoms with van der Waals surface area (Å²) in [6, 6.07) is 6.30. The second kappa shape index (κ2) is 8.05. The number of nitrogens with two attached hydrogens (primary N) is 1. The topological polar surface area (TPSA) is 92.9 Å². The fraction of sp³-hybridized carbons (Fsp3) is 0.316. The SMILES string of the molecule is CCNC[C@@H](Nc1ncnc2c1=CCCC=2C(N)=O)c1cccc(F)c1. The molecule has 0 spiro atoms. The summed E-state index contributed by atoms with van der Waals surface area (Å²) >= 11 is 0. The second-order valence-electron chi connectivity index (χ2n) is 6.13. The third-order valence-corrected chi connectivity index (χ3v) is 4.37. The minimum Gasteiger partial charge on any atom is -0.366 e. The molecule has 3 rings (SSSR count). The summed E-state index contributed by atoms with van der Waals surface area (Å²) in [5, 5.41) is 7.98. The van der Waals surface area contributed by atoms with E-state index in [0.29, 0.717) is 36.1 Å². The van der Waals surface area contributed by atoms with E-state index in [-0.39, 0.29) is 11.9 Å². The van der Waals surface area contributed by atoms with Crippen LogP contribution < -0.4 is 26.9 Å². The van der Waals surface area contributed by atoms with Crippen molar-refractivity contribution in [3.8, 4) is 0 Å². The Morgan fingerprint density at radius 2 is 2.23 bits per heavy atom. The number of aromatic nitrogens is 2. The highest BCUT2D eigenvalue weighted by Crippen LogP contribution is 2.17. The summed E-state index contributed by atoms with van der Waals surface area (Å²) in [7, 11) is 0. The summed E-state index contributed by atoms with van der Waals surface area (Å²) in [6.45, 7) is 3.41. The molecule has 1 aromatic heterocycles. The fourth-order valence-electron chi connectivity index (χ4n) is 3.09. The Bertz CT molecular complexity index is 928. The van der Waals surface area contributed by atoms with Gasteiger partial charge < -0.3 is 16.4 Å². The minimum atomic E-state index is -0.460. The largest absolute Gasteiger partial charge is 0.366 e. The average molecular weight is 355 g/mol. The molecule has 26 heavy (non-hydrogen) atoms. The number of primary amides is 1. The van der Waals surface area contributed by atoms with Gasteiger partial charge in [0.2, 0.25) is 5.91 Å². The van der Waals surface area contributed by atoms with Crippen LogP contribution in [0.2, 0.25) is 0 Å². The zero-order valence-corrected chi connectivity index (χ0v) is 14.6. The molecule has 0 unspecified atom stereocenters. The number of fused-ring (bicyclic) bond motifs is 1. The predicted octanol–water partition coefficient (Wildman–Crippen LogP) is 0.589. The molecule has 7 heteroatoms. The number of anilines is 1.